The second kappa shape index (κ2) is 8.56. The molecule has 9 heteroatoms. The number of nitriles is 1. The van der Waals surface area contributed by atoms with Crippen molar-refractivity contribution < 1.29 is 14.6 Å². The minimum atomic E-state index is -0.380. The van der Waals surface area contributed by atoms with Crippen molar-refractivity contribution in [3.05, 3.63) is 48.4 Å². The third-order valence-corrected chi connectivity index (χ3v) is 6.41. The topological polar surface area (TPSA) is 118 Å². The summed E-state index contributed by atoms with van der Waals surface area (Å²) in [4.78, 5) is 17.3. The highest BCUT2D eigenvalue weighted by Gasteiger charge is 2.23. The number of amides is 1. The third kappa shape index (κ3) is 3.90. The van der Waals surface area contributed by atoms with Crippen molar-refractivity contribution in [3.63, 3.8) is 0 Å². The summed E-state index contributed by atoms with van der Waals surface area (Å²) < 4.78 is 8.93. The first kappa shape index (κ1) is 21.0. The number of nitrogens with one attached hydrogen (secondary N) is 1. The molecular weight excluding hydrogens is 420 g/mol. The van der Waals surface area contributed by atoms with Gasteiger partial charge in [0, 0.05) is 42.0 Å². The zero-order valence-corrected chi connectivity index (χ0v) is 18.2. The Bertz CT molecular complexity index is 1370. The van der Waals surface area contributed by atoms with Crippen molar-refractivity contribution in [2.75, 3.05) is 19.0 Å². The molecule has 0 bridgehead atoms. The van der Waals surface area contributed by atoms with Crippen molar-refractivity contribution in [1.82, 2.24) is 19.3 Å². The van der Waals surface area contributed by atoms with Crippen molar-refractivity contribution >= 4 is 33.7 Å². The van der Waals surface area contributed by atoms with Gasteiger partial charge in [0.1, 0.15) is 17.5 Å². The smallest absolute Gasteiger partial charge is 0.331 e. The molecule has 1 aromatic carbocycles. The summed E-state index contributed by atoms with van der Waals surface area (Å²) >= 11 is 0. The van der Waals surface area contributed by atoms with Crippen molar-refractivity contribution in [3.8, 4) is 11.8 Å². The molecule has 4 aromatic rings. The van der Waals surface area contributed by atoms with Crippen LogP contribution in [-0.4, -0.2) is 44.2 Å². The first-order chi connectivity index (χ1) is 16.1. The fourth-order valence-corrected chi connectivity index (χ4v) is 4.54. The number of benzene rings is 1. The van der Waals surface area contributed by atoms with Crippen molar-refractivity contribution in [2.45, 2.75) is 31.7 Å². The van der Waals surface area contributed by atoms with Crippen molar-refractivity contribution in [1.29, 1.82) is 5.26 Å². The van der Waals surface area contributed by atoms with E-state index < -0.39 is 0 Å². The van der Waals surface area contributed by atoms with E-state index in [1.165, 1.54) is 10.8 Å². The van der Waals surface area contributed by atoms with Crippen LogP contribution in [-0.2, 0) is 0 Å². The van der Waals surface area contributed by atoms with Gasteiger partial charge in [0.25, 0.3) is 0 Å². The molecule has 9 nitrogen and oxygen atoms in total. The van der Waals surface area contributed by atoms with Crippen LogP contribution in [0, 0.1) is 17.2 Å². The standard InChI is InChI=1S/C24H24N6O3/c1-33-22-10-20-18(13-30(28-20)19-4-2-15(14-31)3-5-19)9-21(22)27-24(32)29-7-6-17-8-16(11-25)12-26-23(17)29/h6-10,12-13,15,19,31H,2-5,14H2,1H3,(H,27,32). The summed E-state index contributed by atoms with van der Waals surface area (Å²) in [6.07, 6.45) is 9.04. The van der Waals surface area contributed by atoms with Gasteiger partial charge in [0.05, 0.1) is 29.9 Å². The molecule has 0 radical (unpaired) electrons. The minimum Gasteiger partial charge on any atom is -0.494 e. The zero-order valence-electron chi connectivity index (χ0n) is 18.2. The van der Waals surface area contributed by atoms with Gasteiger partial charge >= 0.3 is 6.03 Å². The molecule has 1 aliphatic rings. The highest BCUT2D eigenvalue weighted by molar-refractivity contribution is 6.00. The quantitative estimate of drug-likeness (QED) is 0.490. The highest BCUT2D eigenvalue weighted by atomic mass is 16.5. The number of aliphatic hydroxyl groups excluding tert-OH is 1. The number of hydrogen-bond acceptors (Lipinski definition) is 6. The second-order valence-corrected chi connectivity index (χ2v) is 8.44. The average Bonchev–Trinajstić information content (AvgIpc) is 3.46. The number of ether oxygens (including phenoxy) is 1. The van der Waals surface area contributed by atoms with Gasteiger partial charge < -0.3 is 15.2 Å². The summed E-state index contributed by atoms with van der Waals surface area (Å²) in [5.41, 5.74) is 2.24. The van der Waals surface area contributed by atoms with Crippen LogP contribution in [0.4, 0.5) is 10.5 Å². The summed E-state index contributed by atoms with van der Waals surface area (Å²) in [5, 5.41) is 27.7. The van der Waals surface area contributed by atoms with E-state index >= 15 is 0 Å². The SMILES string of the molecule is COc1cc2nn(C3CCC(CO)CC3)cc2cc1NC(=O)n1ccc2cc(C#N)cnc21. The van der Waals surface area contributed by atoms with Crippen LogP contribution >= 0.6 is 0 Å². The number of rotatable bonds is 4. The van der Waals surface area contributed by atoms with E-state index in [1.54, 1.807) is 25.4 Å². The number of carbonyl (C=O) groups excluding carboxylic acids is 1. The molecule has 5 rings (SSSR count). The number of aromatic nitrogens is 4. The van der Waals surface area contributed by atoms with E-state index in [0.29, 0.717) is 40.0 Å². The monoisotopic (exact) mass is 444 g/mol. The van der Waals surface area contributed by atoms with Gasteiger partial charge in [0.15, 0.2) is 0 Å². The van der Waals surface area contributed by atoms with E-state index in [0.717, 1.165) is 36.6 Å². The summed E-state index contributed by atoms with van der Waals surface area (Å²) in [6.45, 7) is 0.250. The Morgan fingerprint density at radius 3 is 2.82 bits per heavy atom. The van der Waals surface area contributed by atoms with Gasteiger partial charge in [-0.25, -0.2) is 9.78 Å². The molecule has 0 spiro atoms. The van der Waals surface area contributed by atoms with E-state index in [4.69, 9.17) is 15.1 Å². The first-order valence-corrected chi connectivity index (χ1v) is 11.0. The minimum absolute atomic E-state index is 0.250. The third-order valence-electron chi connectivity index (χ3n) is 6.41. The molecule has 3 heterocycles. The summed E-state index contributed by atoms with van der Waals surface area (Å²) in [7, 11) is 1.56. The summed E-state index contributed by atoms with van der Waals surface area (Å²) in [6, 6.07) is 9.11. The van der Waals surface area contributed by atoms with Crippen LogP contribution in [0.25, 0.3) is 21.9 Å². The van der Waals surface area contributed by atoms with E-state index in [1.807, 2.05) is 23.0 Å². The molecule has 168 valence electrons. The molecule has 1 amide bonds. The van der Waals surface area contributed by atoms with Crippen LogP contribution in [0.15, 0.2) is 42.9 Å². The Morgan fingerprint density at radius 2 is 2.09 bits per heavy atom. The number of aliphatic hydroxyl groups is 1. The number of nitrogens with zero attached hydrogens (tertiary/aromatic N) is 5. The molecule has 0 unspecified atom stereocenters. The van der Waals surface area contributed by atoms with Gasteiger partial charge in [-0.1, -0.05) is 0 Å². The summed E-state index contributed by atoms with van der Waals surface area (Å²) in [5.74, 6) is 0.903. The Hall–Kier alpha value is -3.90. The number of carbonyl (C=O) groups is 1. The zero-order chi connectivity index (χ0) is 22.9. The maximum atomic E-state index is 13.0. The van der Waals surface area contributed by atoms with E-state index in [9.17, 15) is 9.90 Å². The number of pyridine rings is 1. The van der Waals surface area contributed by atoms with Gasteiger partial charge in [-0.3, -0.25) is 9.25 Å². The largest absolute Gasteiger partial charge is 0.494 e. The Morgan fingerprint density at radius 1 is 1.27 bits per heavy atom. The molecule has 1 saturated carbocycles. The van der Waals surface area contributed by atoms with Crippen LogP contribution < -0.4 is 10.1 Å². The van der Waals surface area contributed by atoms with Gasteiger partial charge in [-0.05, 0) is 49.8 Å². The van der Waals surface area contributed by atoms with Gasteiger partial charge in [-0.15, -0.1) is 0 Å². The maximum absolute atomic E-state index is 13.0. The number of fused-ring (bicyclic) bond motifs is 2. The number of methoxy groups -OCH3 is 1. The first-order valence-electron chi connectivity index (χ1n) is 11.0. The molecule has 3 aromatic heterocycles. The predicted octanol–water partition coefficient (Wildman–Crippen LogP) is 4.07. The molecule has 0 atom stereocenters. The molecule has 0 aliphatic heterocycles. The van der Waals surface area contributed by atoms with Gasteiger partial charge in [-0.2, -0.15) is 10.4 Å². The van der Waals surface area contributed by atoms with Crippen LogP contribution in [0.3, 0.4) is 0 Å². The fourth-order valence-electron chi connectivity index (χ4n) is 4.54. The fraction of sp³-hybridized carbons (Fsp3) is 0.333. The van der Waals surface area contributed by atoms with Crippen LogP contribution in [0.5, 0.6) is 5.75 Å². The van der Waals surface area contributed by atoms with Crippen LogP contribution in [0.1, 0.15) is 37.3 Å². The second-order valence-electron chi connectivity index (χ2n) is 8.44. The van der Waals surface area contributed by atoms with Gasteiger partial charge in [0.2, 0.25) is 0 Å². The lowest BCUT2D eigenvalue weighted by Crippen LogP contribution is -2.20. The van der Waals surface area contributed by atoms with Crippen LogP contribution in [0.2, 0.25) is 0 Å². The Balaban J connectivity index is 1.42. The highest BCUT2D eigenvalue weighted by Crippen LogP contribution is 2.35. The molecule has 1 aliphatic carbocycles. The average molecular weight is 444 g/mol. The Kier molecular flexibility index (Phi) is 5.44. The lowest BCUT2D eigenvalue weighted by Gasteiger charge is -2.27. The maximum Gasteiger partial charge on any atom is 0.331 e. The number of hydrogen-bond donors (Lipinski definition) is 2. The van der Waals surface area contributed by atoms with Crippen molar-refractivity contribution in [2.24, 2.45) is 5.92 Å². The Labute approximate surface area is 190 Å². The van der Waals surface area contributed by atoms with E-state index in [-0.39, 0.29) is 12.6 Å². The molecule has 1 fully saturated rings. The molecular formula is C24H24N6O3. The molecule has 0 saturated heterocycles. The molecule has 2 N–H and O–H groups in total. The predicted molar refractivity (Wildman–Crippen MR) is 123 cm³/mol. The number of anilines is 1. The lowest BCUT2D eigenvalue weighted by molar-refractivity contribution is 0.165. The van der Waals surface area contributed by atoms with E-state index in [2.05, 4.69) is 16.4 Å². The normalized spacial score (nSPS) is 18.3. The lowest BCUT2D eigenvalue weighted by atomic mass is 9.87. The molecule has 33 heavy (non-hydrogen) atoms.